The molecule has 1 aromatic carbocycles. The molecular formula is C17H23N3O2. The topological polar surface area (TPSA) is 61.5 Å². The van der Waals surface area contributed by atoms with Crippen LogP contribution >= 0.6 is 0 Å². The number of hydrogen-bond acceptors (Lipinski definition) is 4. The lowest BCUT2D eigenvalue weighted by molar-refractivity contribution is 0.0640. The van der Waals surface area contributed by atoms with Gasteiger partial charge < -0.3 is 10.2 Å². The number of aryl methyl sites for hydroxylation is 2. The summed E-state index contributed by atoms with van der Waals surface area (Å²) < 4.78 is 1.77. The highest BCUT2D eigenvalue weighted by Crippen LogP contribution is 2.34. The molecule has 0 amide bonds. The molecular weight excluding hydrogens is 278 g/mol. The smallest absolute Gasteiger partial charge is 0.0798 e. The molecule has 0 spiro atoms. The summed E-state index contributed by atoms with van der Waals surface area (Å²) in [6.07, 6.45) is 3.26. The van der Waals surface area contributed by atoms with E-state index in [4.69, 9.17) is 0 Å². The summed E-state index contributed by atoms with van der Waals surface area (Å²) in [7, 11) is 1.89. The molecule has 1 aliphatic heterocycles. The van der Waals surface area contributed by atoms with Crippen LogP contribution in [0, 0.1) is 6.92 Å². The van der Waals surface area contributed by atoms with E-state index in [0.29, 0.717) is 6.54 Å². The van der Waals surface area contributed by atoms with Crippen LogP contribution < -0.4 is 0 Å². The molecule has 118 valence electrons. The van der Waals surface area contributed by atoms with Crippen molar-refractivity contribution in [3.8, 4) is 0 Å². The Bertz CT molecular complexity index is 640. The van der Waals surface area contributed by atoms with Crippen LogP contribution in [-0.4, -0.2) is 50.2 Å². The van der Waals surface area contributed by atoms with Gasteiger partial charge in [-0.05, 0) is 18.1 Å². The Hall–Kier alpha value is -1.69. The summed E-state index contributed by atoms with van der Waals surface area (Å²) in [5, 5.41) is 24.5. The van der Waals surface area contributed by atoms with E-state index in [9.17, 15) is 10.2 Å². The van der Waals surface area contributed by atoms with Crippen LogP contribution in [0.2, 0.25) is 0 Å². The number of rotatable bonds is 4. The summed E-state index contributed by atoms with van der Waals surface area (Å²) in [6, 6.07) is 7.93. The molecule has 2 aromatic rings. The molecule has 0 unspecified atom stereocenters. The van der Waals surface area contributed by atoms with Gasteiger partial charge in [0.25, 0.3) is 0 Å². The van der Waals surface area contributed by atoms with E-state index in [1.165, 1.54) is 11.1 Å². The van der Waals surface area contributed by atoms with Crippen LogP contribution in [-0.2, 0) is 13.6 Å². The van der Waals surface area contributed by atoms with E-state index in [1.54, 1.807) is 4.68 Å². The second-order valence-electron chi connectivity index (χ2n) is 6.16. The number of likely N-dealkylation sites (tertiary alicyclic amines) is 1. The lowest BCUT2D eigenvalue weighted by Gasteiger charge is -2.23. The van der Waals surface area contributed by atoms with Crippen LogP contribution in [0.4, 0.5) is 0 Å². The lowest BCUT2D eigenvalue weighted by Crippen LogP contribution is -2.38. The van der Waals surface area contributed by atoms with Gasteiger partial charge in [0.1, 0.15) is 0 Å². The zero-order valence-electron chi connectivity index (χ0n) is 13.1. The van der Waals surface area contributed by atoms with Crippen molar-refractivity contribution in [1.82, 2.24) is 14.7 Å². The van der Waals surface area contributed by atoms with Gasteiger partial charge in [0.05, 0.1) is 24.9 Å². The maximum Gasteiger partial charge on any atom is 0.0798 e. The highest BCUT2D eigenvalue weighted by Gasteiger charge is 2.41. The Balaban J connectivity index is 1.82. The molecule has 2 heterocycles. The first-order valence-electron chi connectivity index (χ1n) is 7.66. The molecule has 0 radical (unpaired) electrons. The van der Waals surface area contributed by atoms with Gasteiger partial charge in [0.15, 0.2) is 0 Å². The Morgan fingerprint density at radius 2 is 2.09 bits per heavy atom. The fourth-order valence-corrected chi connectivity index (χ4v) is 3.46. The van der Waals surface area contributed by atoms with E-state index in [2.05, 4.69) is 29.1 Å². The van der Waals surface area contributed by atoms with Gasteiger partial charge in [-0.1, -0.05) is 24.3 Å². The van der Waals surface area contributed by atoms with Gasteiger partial charge in [-0.2, -0.15) is 5.10 Å². The number of aliphatic hydroxyl groups is 2. The molecule has 0 aliphatic carbocycles. The molecule has 0 bridgehead atoms. The van der Waals surface area contributed by atoms with Crippen molar-refractivity contribution in [2.24, 2.45) is 7.05 Å². The van der Waals surface area contributed by atoms with Gasteiger partial charge in [-0.15, -0.1) is 0 Å². The van der Waals surface area contributed by atoms with Crippen LogP contribution in [0.15, 0.2) is 36.7 Å². The first kappa shape index (κ1) is 15.2. The minimum Gasteiger partial charge on any atom is -0.395 e. The second kappa shape index (κ2) is 6.20. The quantitative estimate of drug-likeness (QED) is 0.886. The number of aliphatic hydroxyl groups excluding tert-OH is 2. The normalized spacial score (nSPS) is 25.7. The van der Waals surface area contributed by atoms with Gasteiger partial charge in [0, 0.05) is 37.8 Å². The molecule has 2 N–H and O–H groups in total. The fraction of sp³-hybridized carbons (Fsp3) is 0.471. The molecule has 5 heteroatoms. The van der Waals surface area contributed by atoms with Gasteiger partial charge in [-0.25, -0.2) is 0 Å². The molecule has 1 saturated heterocycles. The maximum absolute atomic E-state index is 10.7. The highest BCUT2D eigenvalue weighted by atomic mass is 16.3. The van der Waals surface area contributed by atoms with Crippen LogP contribution in [0.5, 0.6) is 0 Å². The Morgan fingerprint density at radius 3 is 2.73 bits per heavy atom. The number of benzene rings is 1. The summed E-state index contributed by atoms with van der Waals surface area (Å²) in [4.78, 5) is 2.15. The van der Waals surface area contributed by atoms with Crippen molar-refractivity contribution in [2.75, 3.05) is 13.2 Å². The number of hydrogen-bond donors (Lipinski definition) is 2. The third-order valence-corrected chi connectivity index (χ3v) is 4.63. The van der Waals surface area contributed by atoms with E-state index in [-0.39, 0.29) is 18.6 Å². The first-order valence-corrected chi connectivity index (χ1v) is 7.66. The molecule has 1 aromatic heterocycles. The molecule has 3 atom stereocenters. The summed E-state index contributed by atoms with van der Waals surface area (Å²) >= 11 is 0. The summed E-state index contributed by atoms with van der Waals surface area (Å²) in [5.41, 5.74) is 3.45. The van der Waals surface area contributed by atoms with Crippen LogP contribution in [0.25, 0.3) is 0 Å². The monoisotopic (exact) mass is 301 g/mol. The molecule has 22 heavy (non-hydrogen) atoms. The Morgan fingerprint density at radius 1 is 1.32 bits per heavy atom. The van der Waals surface area contributed by atoms with E-state index in [0.717, 1.165) is 12.1 Å². The first-order chi connectivity index (χ1) is 10.6. The predicted octanol–water partition coefficient (Wildman–Crippen LogP) is 1.05. The molecule has 3 rings (SSSR count). The average molecular weight is 301 g/mol. The lowest BCUT2D eigenvalue weighted by atomic mass is 9.90. The van der Waals surface area contributed by atoms with Gasteiger partial charge >= 0.3 is 0 Å². The van der Waals surface area contributed by atoms with E-state index in [1.807, 2.05) is 31.6 Å². The largest absolute Gasteiger partial charge is 0.395 e. The molecule has 1 aliphatic rings. The summed E-state index contributed by atoms with van der Waals surface area (Å²) in [5.74, 6) is 0.0371. The molecule has 5 nitrogen and oxygen atoms in total. The zero-order chi connectivity index (χ0) is 15.7. The van der Waals surface area contributed by atoms with Gasteiger partial charge in [-0.3, -0.25) is 9.58 Å². The third kappa shape index (κ3) is 2.79. The van der Waals surface area contributed by atoms with Crippen molar-refractivity contribution < 1.29 is 10.2 Å². The minimum absolute atomic E-state index is 0.0371. The second-order valence-corrected chi connectivity index (χ2v) is 6.16. The average Bonchev–Trinajstić information content (AvgIpc) is 3.04. The van der Waals surface area contributed by atoms with E-state index < -0.39 is 6.10 Å². The zero-order valence-corrected chi connectivity index (χ0v) is 13.1. The van der Waals surface area contributed by atoms with Crippen molar-refractivity contribution in [2.45, 2.75) is 31.5 Å². The Kier molecular flexibility index (Phi) is 4.29. The van der Waals surface area contributed by atoms with Crippen molar-refractivity contribution in [1.29, 1.82) is 0 Å². The predicted molar refractivity (Wildman–Crippen MR) is 84.4 cm³/mol. The standard InChI is InChI=1S/C17H23N3O2/c1-12-5-3-4-6-14(12)15-10-20(16(11-21)17(15)22)9-13-7-18-19(2)8-13/h3-8,15-17,21-22H,9-11H2,1-2H3/t15-,16-,17-/m1/s1. The van der Waals surface area contributed by atoms with E-state index >= 15 is 0 Å². The minimum atomic E-state index is -0.553. The number of nitrogens with zero attached hydrogens (tertiary/aromatic N) is 3. The Labute approximate surface area is 130 Å². The van der Waals surface area contributed by atoms with Crippen LogP contribution in [0.1, 0.15) is 22.6 Å². The number of aromatic nitrogens is 2. The fourth-order valence-electron chi connectivity index (χ4n) is 3.46. The SMILES string of the molecule is Cc1ccccc1[C@H]1CN(Cc2cnn(C)c2)[C@H](CO)[C@@H]1O. The summed E-state index contributed by atoms with van der Waals surface area (Å²) in [6.45, 7) is 3.47. The van der Waals surface area contributed by atoms with Crippen molar-refractivity contribution >= 4 is 0 Å². The maximum atomic E-state index is 10.7. The van der Waals surface area contributed by atoms with Crippen LogP contribution in [0.3, 0.4) is 0 Å². The third-order valence-electron chi connectivity index (χ3n) is 4.63. The molecule has 0 saturated carbocycles. The van der Waals surface area contributed by atoms with Crippen molar-refractivity contribution in [3.05, 3.63) is 53.3 Å². The van der Waals surface area contributed by atoms with Gasteiger partial charge in [0.2, 0.25) is 0 Å². The highest BCUT2D eigenvalue weighted by molar-refractivity contribution is 5.32. The molecule has 1 fully saturated rings. The van der Waals surface area contributed by atoms with Crippen molar-refractivity contribution in [3.63, 3.8) is 0 Å².